The Hall–Kier alpha value is -2.86. The third-order valence-electron chi connectivity index (χ3n) is 7.84. The van der Waals surface area contributed by atoms with E-state index >= 15 is 0 Å². The van der Waals surface area contributed by atoms with Gasteiger partial charge < -0.3 is 4.90 Å². The van der Waals surface area contributed by atoms with Crippen LogP contribution in [0.15, 0.2) is 30.3 Å². The number of rotatable bonds is 4. The Morgan fingerprint density at radius 3 is 2.39 bits per heavy atom. The lowest BCUT2D eigenvalue weighted by molar-refractivity contribution is -0.200. The molecule has 0 radical (unpaired) electrons. The third kappa shape index (κ3) is 4.21. The van der Waals surface area contributed by atoms with Gasteiger partial charge >= 0.3 is 6.18 Å². The summed E-state index contributed by atoms with van der Waals surface area (Å²) in [5.41, 5.74) is -1.38. The van der Waals surface area contributed by atoms with E-state index in [0.717, 1.165) is 6.07 Å². The van der Waals surface area contributed by atoms with Gasteiger partial charge in [0.2, 0.25) is 0 Å². The van der Waals surface area contributed by atoms with Gasteiger partial charge in [0.05, 0.1) is 12.2 Å². The predicted octanol–water partition coefficient (Wildman–Crippen LogP) is 6.19. The van der Waals surface area contributed by atoms with Gasteiger partial charge in [0.15, 0.2) is 11.6 Å². The standard InChI is InChI=1S/C25H23ClF6N6/c26-16-1-3-18-15(11-16)12-37(24(7-8-24)25(30,31)32)13-20-34-35-23(38(18)20)14-5-9-36(10-6-14)19-4-2-17(27)21(33-19)22(28)29/h1-4,11,14,22H,5-10,12-13H2. The molecule has 202 valence electrons. The smallest absolute Gasteiger partial charge is 0.357 e. The lowest BCUT2D eigenvalue weighted by Gasteiger charge is -2.32. The molecule has 4 heterocycles. The van der Waals surface area contributed by atoms with Crippen molar-refractivity contribution in [3.8, 4) is 5.69 Å². The van der Waals surface area contributed by atoms with E-state index in [4.69, 9.17) is 11.6 Å². The first-order valence-electron chi connectivity index (χ1n) is 12.3. The number of piperidine rings is 1. The molecule has 2 fully saturated rings. The van der Waals surface area contributed by atoms with Crippen LogP contribution in [0, 0.1) is 5.82 Å². The van der Waals surface area contributed by atoms with Gasteiger partial charge in [-0.15, -0.1) is 10.2 Å². The maximum atomic E-state index is 14.0. The van der Waals surface area contributed by atoms with Gasteiger partial charge in [-0.3, -0.25) is 9.47 Å². The zero-order chi connectivity index (χ0) is 26.8. The average molecular weight is 557 g/mol. The highest BCUT2D eigenvalue weighted by Gasteiger charge is 2.66. The van der Waals surface area contributed by atoms with Crippen LogP contribution in [0.3, 0.4) is 0 Å². The number of hydrogen-bond acceptors (Lipinski definition) is 5. The van der Waals surface area contributed by atoms with Crippen molar-refractivity contribution in [3.05, 3.63) is 64.1 Å². The Bertz CT molecular complexity index is 1360. The summed E-state index contributed by atoms with van der Waals surface area (Å²) in [5.74, 6) is 0.229. The number of anilines is 1. The molecular weight excluding hydrogens is 534 g/mol. The number of benzene rings is 1. The fourth-order valence-electron chi connectivity index (χ4n) is 5.63. The maximum absolute atomic E-state index is 14.0. The molecule has 0 spiro atoms. The molecule has 38 heavy (non-hydrogen) atoms. The highest BCUT2D eigenvalue weighted by Crippen LogP contribution is 2.55. The van der Waals surface area contributed by atoms with Gasteiger partial charge in [0, 0.05) is 30.6 Å². The fourth-order valence-corrected chi connectivity index (χ4v) is 5.83. The molecule has 6 rings (SSSR count). The number of fused-ring (bicyclic) bond motifs is 3. The van der Waals surface area contributed by atoms with Crippen molar-refractivity contribution in [1.82, 2.24) is 24.6 Å². The molecular formula is C25H23ClF6N6. The van der Waals surface area contributed by atoms with Crippen LogP contribution in [-0.4, -0.2) is 49.5 Å². The number of nitrogens with zero attached hydrogens (tertiary/aromatic N) is 6. The molecule has 0 amide bonds. The van der Waals surface area contributed by atoms with Crippen LogP contribution in [0.1, 0.15) is 60.9 Å². The molecule has 0 unspecified atom stereocenters. The van der Waals surface area contributed by atoms with E-state index in [2.05, 4.69) is 15.2 Å². The largest absolute Gasteiger partial charge is 0.406 e. The van der Waals surface area contributed by atoms with Crippen LogP contribution in [0.4, 0.5) is 32.2 Å². The van der Waals surface area contributed by atoms with Crippen molar-refractivity contribution in [2.24, 2.45) is 0 Å². The lowest BCUT2D eigenvalue weighted by Crippen LogP contribution is -2.47. The topological polar surface area (TPSA) is 50.1 Å². The summed E-state index contributed by atoms with van der Waals surface area (Å²) in [5, 5.41) is 9.18. The van der Waals surface area contributed by atoms with Crippen molar-refractivity contribution >= 4 is 17.4 Å². The minimum absolute atomic E-state index is 0.00639. The van der Waals surface area contributed by atoms with Crippen LogP contribution < -0.4 is 4.90 Å². The van der Waals surface area contributed by atoms with Gasteiger partial charge in [-0.2, -0.15) is 13.2 Å². The predicted molar refractivity (Wildman–Crippen MR) is 127 cm³/mol. The summed E-state index contributed by atoms with van der Waals surface area (Å²) >= 11 is 6.24. The minimum Gasteiger partial charge on any atom is -0.357 e. The second-order valence-corrected chi connectivity index (χ2v) is 10.5. The Morgan fingerprint density at radius 2 is 1.74 bits per heavy atom. The molecule has 6 nitrogen and oxygen atoms in total. The second-order valence-electron chi connectivity index (χ2n) is 10.1. The summed E-state index contributed by atoms with van der Waals surface area (Å²) in [6.45, 7) is 1.00. The monoisotopic (exact) mass is 556 g/mol. The highest BCUT2D eigenvalue weighted by molar-refractivity contribution is 6.30. The van der Waals surface area contributed by atoms with Crippen molar-refractivity contribution < 1.29 is 26.3 Å². The van der Waals surface area contributed by atoms with Crippen molar-refractivity contribution in [1.29, 1.82) is 0 Å². The van der Waals surface area contributed by atoms with Crippen LogP contribution in [-0.2, 0) is 13.1 Å². The molecule has 3 aliphatic rings. The molecule has 1 saturated heterocycles. The number of alkyl halides is 5. The molecule has 1 aliphatic carbocycles. The quantitative estimate of drug-likeness (QED) is 0.359. The Morgan fingerprint density at radius 1 is 1.00 bits per heavy atom. The fraction of sp³-hybridized carbons (Fsp3) is 0.480. The summed E-state index contributed by atoms with van der Waals surface area (Å²) < 4.78 is 83.9. The molecule has 0 atom stereocenters. The van der Waals surface area contributed by atoms with Crippen LogP contribution in [0.2, 0.25) is 5.02 Å². The molecule has 1 saturated carbocycles. The second kappa shape index (κ2) is 9.11. The number of pyridine rings is 1. The van der Waals surface area contributed by atoms with Crippen LogP contribution in [0.25, 0.3) is 5.69 Å². The van der Waals surface area contributed by atoms with Crippen molar-refractivity contribution in [2.45, 2.75) is 62.8 Å². The first kappa shape index (κ1) is 25.4. The molecule has 3 aromatic rings. The Labute approximate surface area is 219 Å². The molecule has 0 N–H and O–H groups in total. The normalized spacial score (nSPS) is 19.8. The van der Waals surface area contributed by atoms with E-state index in [9.17, 15) is 26.3 Å². The van der Waals surface area contributed by atoms with Gasteiger partial charge in [-0.1, -0.05) is 11.6 Å². The molecule has 1 aromatic carbocycles. The molecule has 13 heteroatoms. The van der Waals surface area contributed by atoms with E-state index in [1.54, 1.807) is 18.2 Å². The molecule has 0 bridgehead atoms. The lowest BCUT2D eigenvalue weighted by atomic mass is 9.95. The van der Waals surface area contributed by atoms with Crippen LogP contribution >= 0.6 is 11.6 Å². The number of aromatic nitrogens is 4. The summed E-state index contributed by atoms with van der Waals surface area (Å²) in [6.07, 6.45) is -6.14. The summed E-state index contributed by atoms with van der Waals surface area (Å²) in [7, 11) is 0. The van der Waals surface area contributed by atoms with E-state index < -0.39 is 29.7 Å². The average Bonchev–Trinajstić information content (AvgIpc) is 3.63. The highest BCUT2D eigenvalue weighted by atomic mass is 35.5. The van der Waals surface area contributed by atoms with Crippen LogP contribution in [0.5, 0.6) is 0 Å². The molecule has 2 aliphatic heterocycles. The zero-order valence-corrected chi connectivity index (χ0v) is 20.8. The third-order valence-corrected chi connectivity index (χ3v) is 8.07. The number of halogens is 7. The van der Waals surface area contributed by atoms with Gasteiger partial charge in [-0.25, -0.2) is 18.2 Å². The summed E-state index contributed by atoms with van der Waals surface area (Å²) in [6, 6.07) is 7.56. The van der Waals surface area contributed by atoms with E-state index in [1.165, 1.54) is 11.0 Å². The zero-order valence-electron chi connectivity index (χ0n) is 20.0. The molecule has 2 aromatic heterocycles. The van der Waals surface area contributed by atoms with Gasteiger partial charge in [0.25, 0.3) is 6.43 Å². The van der Waals surface area contributed by atoms with E-state index in [1.807, 2.05) is 9.47 Å². The summed E-state index contributed by atoms with van der Waals surface area (Å²) in [4.78, 5) is 7.07. The van der Waals surface area contributed by atoms with Crippen molar-refractivity contribution in [3.63, 3.8) is 0 Å². The Balaban J connectivity index is 1.29. The van der Waals surface area contributed by atoms with Gasteiger partial charge in [0.1, 0.15) is 22.9 Å². The van der Waals surface area contributed by atoms with Gasteiger partial charge in [-0.05, 0) is 61.6 Å². The first-order valence-corrected chi connectivity index (χ1v) is 12.7. The maximum Gasteiger partial charge on any atom is 0.406 e. The van der Waals surface area contributed by atoms with E-state index in [0.29, 0.717) is 53.9 Å². The minimum atomic E-state index is -4.37. The van der Waals surface area contributed by atoms with Crippen molar-refractivity contribution in [2.75, 3.05) is 18.0 Å². The Kier molecular flexibility index (Phi) is 6.10. The van der Waals surface area contributed by atoms with E-state index in [-0.39, 0.29) is 37.7 Å². The number of hydrogen-bond donors (Lipinski definition) is 0. The SMILES string of the molecule is Fc1ccc(N2CCC(c3nnc4n3-c3ccc(Cl)cc3CN(C3(C(F)(F)F)CC3)C4)CC2)nc1C(F)F. The first-order chi connectivity index (χ1) is 18.1.